The summed E-state index contributed by atoms with van der Waals surface area (Å²) in [5.74, 6) is -0.767. The van der Waals surface area contributed by atoms with Gasteiger partial charge in [0, 0.05) is 20.1 Å². The Balaban J connectivity index is 2.37. The summed E-state index contributed by atoms with van der Waals surface area (Å²) < 4.78 is 39.1. The number of likely N-dealkylation sites (N-methyl/N-ethyl adjacent to an activating group) is 1. The minimum absolute atomic E-state index is 0.169. The van der Waals surface area contributed by atoms with Crippen molar-refractivity contribution in [2.24, 2.45) is 0 Å². The molecule has 1 aromatic rings. The van der Waals surface area contributed by atoms with Gasteiger partial charge in [0.1, 0.15) is 11.9 Å². The van der Waals surface area contributed by atoms with Crippen LogP contribution in [0.15, 0.2) is 23.1 Å². The first-order valence-corrected chi connectivity index (χ1v) is 7.38. The molecule has 0 unspecified atom stereocenters. The Kier molecular flexibility index (Phi) is 4.06. The number of nitrogens with one attached hydrogen (secondary N) is 1. The molecule has 2 N–H and O–H groups in total. The summed E-state index contributed by atoms with van der Waals surface area (Å²) in [6.45, 7) is 0.653. The number of sulfonamides is 1. The average molecular weight is 299 g/mol. The van der Waals surface area contributed by atoms with Gasteiger partial charge in [-0.05, 0) is 18.2 Å². The maximum atomic E-state index is 13.2. The van der Waals surface area contributed by atoms with E-state index in [1.807, 2.05) is 0 Å². The number of β-amino-alcohol motifs (C(OH)–C–C–N with tert-alkyl or cyclic N) is 1. The smallest absolute Gasteiger partial charge is 0.243 e. The predicted molar refractivity (Wildman–Crippen MR) is 68.7 cm³/mol. The molecule has 2 rings (SSSR count). The highest BCUT2D eigenvalue weighted by atomic mass is 32.2. The van der Waals surface area contributed by atoms with Crippen molar-refractivity contribution < 1.29 is 17.9 Å². The maximum Gasteiger partial charge on any atom is 0.243 e. The first kappa shape index (κ1) is 14.9. The second kappa shape index (κ2) is 5.46. The third-order valence-corrected chi connectivity index (χ3v) is 5.23. The van der Waals surface area contributed by atoms with Crippen molar-refractivity contribution in [3.05, 3.63) is 29.6 Å². The molecule has 1 fully saturated rings. The third-order valence-electron chi connectivity index (χ3n) is 3.35. The summed E-state index contributed by atoms with van der Waals surface area (Å²) in [7, 11) is -2.54. The standard InChI is InChI=1S/C12H14FN3O3S/c1-16(11-6-15-7-12(11)17)20(18,19)9-2-3-10(13)8(4-9)5-14/h2-4,11-12,15,17H,6-7H2,1H3/t11-,12-/m1/s1. The van der Waals surface area contributed by atoms with Gasteiger partial charge in [0.05, 0.1) is 22.6 Å². The minimum atomic E-state index is -3.89. The molecule has 20 heavy (non-hydrogen) atoms. The highest BCUT2D eigenvalue weighted by molar-refractivity contribution is 7.89. The average Bonchev–Trinajstić information content (AvgIpc) is 2.84. The van der Waals surface area contributed by atoms with Gasteiger partial charge in [0.2, 0.25) is 10.0 Å². The Morgan fingerprint density at radius 2 is 2.20 bits per heavy atom. The minimum Gasteiger partial charge on any atom is -0.390 e. The van der Waals surface area contributed by atoms with Crippen molar-refractivity contribution in [3.8, 4) is 6.07 Å². The lowest BCUT2D eigenvalue weighted by molar-refractivity contribution is 0.136. The van der Waals surface area contributed by atoms with Crippen LogP contribution in [0.4, 0.5) is 4.39 Å². The van der Waals surface area contributed by atoms with E-state index in [1.165, 1.54) is 7.05 Å². The first-order valence-electron chi connectivity index (χ1n) is 5.94. The van der Waals surface area contributed by atoms with Gasteiger partial charge in [-0.15, -0.1) is 0 Å². The molecule has 6 nitrogen and oxygen atoms in total. The number of nitrogens with zero attached hydrogens (tertiary/aromatic N) is 2. The molecule has 0 saturated carbocycles. The second-order valence-corrected chi connectivity index (χ2v) is 6.57. The monoisotopic (exact) mass is 299 g/mol. The van der Waals surface area contributed by atoms with Crippen molar-refractivity contribution >= 4 is 10.0 Å². The van der Waals surface area contributed by atoms with Crippen LogP contribution in [0.25, 0.3) is 0 Å². The summed E-state index contributed by atoms with van der Waals surface area (Å²) in [5, 5.41) is 21.4. The molecule has 0 radical (unpaired) electrons. The number of hydrogen-bond acceptors (Lipinski definition) is 5. The van der Waals surface area contributed by atoms with Crippen LogP contribution in [-0.2, 0) is 10.0 Å². The molecule has 0 amide bonds. The molecule has 1 aliphatic heterocycles. The van der Waals surface area contributed by atoms with Crippen molar-refractivity contribution in [1.29, 1.82) is 5.26 Å². The summed E-state index contributed by atoms with van der Waals surface area (Å²) in [5.41, 5.74) is -0.329. The van der Waals surface area contributed by atoms with Crippen LogP contribution < -0.4 is 5.32 Å². The highest BCUT2D eigenvalue weighted by Gasteiger charge is 2.35. The summed E-state index contributed by atoms with van der Waals surface area (Å²) >= 11 is 0. The maximum absolute atomic E-state index is 13.2. The van der Waals surface area contributed by atoms with E-state index in [4.69, 9.17) is 5.26 Å². The second-order valence-electron chi connectivity index (χ2n) is 4.57. The molecule has 108 valence electrons. The molecule has 0 spiro atoms. The Morgan fingerprint density at radius 1 is 1.50 bits per heavy atom. The molecule has 1 heterocycles. The number of aliphatic hydroxyl groups is 1. The van der Waals surface area contributed by atoms with E-state index in [-0.39, 0.29) is 10.5 Å². The van der Waals surface area contributed by atoms with Crippen LogP contribution in [0.3, 0.4) is 0 Å². The molecular weight excluding hydrogens is 285 g/mol. The van der Waals surface area contributed by atoms with Crippen LogP contribution in [0.2, 0.25) is 0 Å². The number of benzene rings is 1. The van der Waals surface area contributed by atoms with E-state index in [0.29, 0.717) is 13.1 Å². The lowest BCUT2D eigenvalue weighted by Gasteiger charge is -2.25. The normalized spacial score (nSPS) is 22.9. The topological polar surface area (TPSA) is 93.4 Å². The van der Waals surface area contributed by atoms with Gasteiger partial charge < -0.3 is 10.4 Å². The van der Waals surface area contributed by atoms with Gasteiger partial charge >= 0.3 is 0 Å². The van der Waals surface area contributed by atoms with Gasteiger partial charge in [-0.3, -0.25) is 0 Å². The van der Waals surface area contributed by atoms with Crippen molar-refractivity contribution in [2.75, 3.05) is 20.1 Å². The van der Waals surface area contributed by atoms with Gasteiger partial charge in [0.15, 0.2) is 0 Å². The van der Waals surface area contributed by atoms with E-state index < -0.39 is 28.0 Å². The van der Waals surface area contributed by atoms with Crippen LogP contribution >= 0.6 is 0 Å². The largest absolute Gasteiger partial charge is 0.390 e. The Morgan fingerprint density at radius 3 is 2.75 bits per heavy atom. The fourth-order valence-electron chi connectivity index (χ4n) is 2.12. The summed E-state index contributed by atoms with van der Waals surface area (Å²) in [6, 6.07) is 4.07. The van der Waals surface area contributed by atoms with Crippen LogP contribution in [-0.4, -0.2) is 50.1 Å². The molecule has 8 heteroatoms. The van der Waals surface area contributed by atoms with E-state index in [1.54, 1.807) is 6.07 Å². The lowest BCUT2D eigenvalue weighted by Crippen LogP contribution is -2.44. The first-order chi connectivity index (χ1) is 9.37. The Labute approximate surface area is 116 Å². The third kappa shape index (κ3) is 2.53. The number of aliphatic hydroxyl groups excluding tert-OH is 1. The molecule has 1 aromatic carbocycles. The van der Waals surface area contributed by atoms with Crippen LogP contribution in [0, 0.1) is 17.1 Å². The zero-order chi connectivity index (χ0) is 14.9. The molecular formula is C12H14FN3O3S. The number of rotatable bonds is 3. The van der Waals surface area contributed by atoms with Crippen molar-refractivity contribution in [1.82, 2.24) is 9.62 Å². The Hall–Kier alpha value is -1.53. The predicted octanol–water partition coefficient (Wildman–Crippen LogP) is -0.349. The van der Waals surface area contributed by atoms with Gasteiger partial charge in [-0.2, -0.15) is 9.57 Å². The quantitative estimate of drug-likeness (QED) is 0.796. The van der Waals surface area contributed by atoms with E-state index in [9.17, 15) is 17.9 Å². The van der Waals surface area contributed by atoms with Gasteiger partial charge in [0.25, 0.3) is 0 Å². The van der Waals surface area contributed by atoms with Crippen LogP contribution in [0.1, 0.15) is 5.56 Å². The van der Waals surface area contributed by atoms with Crippen LogP contribution in [0.5, 0.6) is 0 Å². The molecule has 0 aromatic heterocycles. The van der Waals surface area contributed by atoms with Gasteiger partial charge in [-0.1, -0.05) is 0 Å². The van der Waals surface area contributed by atoms with Crippen molar-refractivity contribution in [3.63, 3.8) is 0 Å². The van der Waals surface area contributed by atoms with E-state index in [0.717, 1.165) is 22.5 Å². The van der Waals surface area contributed by atoms with Gasteiger partial charge in [-0.25, -0.2) is 12.8 Å². The number of hydrogen-bond donors (Lipinski definition) is 2. The number of halogens is 1. The lowest BCUT2D eigenvalue weighted by atomic mass is 10.2. The summed E-state index contributed by atoms with van der Waals surface area (Å²) in [4.78, 5) is -0.169. The fraction of sp³-hybridized carbons (Fsp3) is 0.417. The Bertz CT molecular complexity index is 656. The molecule has 2 atom stereocenters. The molecule has 1 aliphatic rings. The highest BCUT2D eigenvalue weighted by Crippen LogP contribution is 2.21. The van der Waals surface area contributed by atoms with E-state index >= 15 is 0 Å². The van der Waals surface area contributed by atoms with E-state index in [2.05, 4.69) is 5.32 Å². The fourth-order valence-corrected chi connectivity index (χ4v) is 3.53. The molecule has 1 saturated heterocycles. The zero-order valence-corrected chi connectivity index (χ0v) is 11.6. The molecule has 0 aliphatic carbocycles. The zero-order valence-electron chi connectivity index (χ0n) is 10.7. The number of nitriles is 1. The summed E-state index contributed by atoms with van der Waals surface area (Å²) in [6.07, 6.45) is -0.800. The van der Waals surface area contributed by atoms with Crippen molar-refractivity contribution in [2.45, 2.75) is 17.0 Å². The SMILES string of the molecule is CN([C@@H]1CNC[C@H]1O)S(=O)(=O)c1ccc(F)c(C#N)c1. The molecule has 0 bridgehead atoms.